The standard InChI is InChI=1S/C22H19FN2O3/c23-21-7-6-16(8-18(21)11-24)17-9-19-13-27-14-20(10-17)25(19)22(26)28-12-15-4-2-1-3-5-15/h1-9,19-20H,10,12-14H2. The molecular weight excluding hydrogens is 359 g/mol. The van der Waals surface area contributed by atoms with Crippen LogP contribution in [0.5, 0.6) is 0 Å². The highest BCUT2D eigenvalue weighted by molar-refractivity contribution is 5.75. The van der Waals surface area contributed by atoms with Crippen LogP contribution in [-0.4, -0.2) is 36.3 Å². The summed E-state index contributed by atoms with van der Waals surface area (Å²) in [4.78, 5) is 14.4. The van der Waals surface area contributed by atoms with Gasteiger partial charge in [0.05, 0.1) is 30.9 Å². The van der Waals surface area contributed by atoms with Crippen molar-refractivity contribution in [2.75, 3.05) is 13.2 Å². The molecule has 2 aromatic rings. The summed E-state index contributed by atoms with van der Waals surface area (Å²) in [5.41, 5.74) is 2.74. The second kappa shape index (κ2) is 7.83. The maximum atomic E-state index is 13.6. The summed E-state index contributed by atoms with van der Waals surface area (Å²) in [6, 6.07) is 15.5. The van der Waals surface area contributed by atoms with Crippen LogP contribution in [0.2, 0.25) is 0 Å². The van der Waals surface area contributed by atoms with Crippen molar-refractivity contribution in [1.29, 1.82) is 5.26 Å². The first-order valence-corrected chi connectivity index (χ1v) is 9.13. The molecule has 1 fully saturated rings. The number of amides is 1. The molecule has 0 N–H and O–H groups in total. The van der Waals surface area contributed by atoms with E-state index in [4.69, 9.17) is 14.7 Å². The molecule has 0 saturated carbocycles. The van der Waals surface area contributed by atoms with Gasteiger partial charge in [-0.15, -0.1) is 0 Å². The molecule has 0 aromatic heterocycles. The number of hydrogen-bond acceptors (Lipinski definition) is 4. The van der Waals surface area contributed by atoms with Crippen LogP contribution in [0.4, 0.5) is 9.18 Å². The van der Waals surface area contributed by atoms with Crippen LogP contribution in [0, 0.1) is 17.1 Å². The number of benzene rings is 2. The van der Waals surface area contributed by atoms with Crippen LogP contribution in [-0.2, 0) is 16.1 Å². The third-order valence-electron chi connectivity index (χ3n) is 5.07. The summed E-state index contributed by atoms with van der Waals surface area (Å²) >= 11 is 0. The Morgan fingerprint density at radius 3 is 2.82 bits per heavy atom. The fourth-order valence-electron chi connectivity index (χ4n) is 3.70. The molecule has 1 amide bonds. The number of nitrogens with zero attached hydrogens (tertiary/aromatic N) is 2. The van der Waals surface area contributed by atoms with Gasteiger partial charge in [0.15, 0.2) is 0 Å². The van der Waals surface area contributed by atoms with E-state index in [1.807, 2.05) is 42.5 Å². The number of hydrogen-bond donors (Lipinski definition) is 0. The van der Waals surface area contributed by atoms with E-state index in [1.54, 1.807) is 17.0 Å². The van der Waals surface area contributed by atoms with Gasteiger partial charge in [0.25, 0.3) is 0 Å². The number of carbonyl (C=O) groups is 1. The summed E-state index contributed by atoms with van der Waals surface area (Å²) in [5, 5.41) is 9.07. The lowest BCUT2D eigenvalue weighted by molar-refractivity contribution is -0.0342. The van der Waals surface area contributed by atoms with Crippen molar-refractivity contribution in [2.45, 2.75) is 25.1 Å². The smallest absolute Gasteiger partial charge is 0.411 e. The molecule has 0 spiro atoms. The van der Waals surface area contributed by atoms with Crippen LogP contribution in [0.25, 0.3) is 5.57 Å². The molecule has 1 saturated heterocycles. The largest absolute Gasteiger partial charge is 0.445 e. The molecule has 5 nitrogen and oxygen atoms in total. The van der Waals surface area contributed by atoms with Gasteiger partial charge in [-0.1, -0.05) is 42.5 Å². The lowest BCUT2D eigenvalue weighted by atomic mass is 9.89. The summed E-state index contributed by atoms with van der Waals surface area (Å²) in [7, 11) is 0. The number of nitriles is 1. The van der Waals surface area contributed by atoms with Crippen LogP contribution < -0.4 is 0 Å². The third-order valence-corrected chi connectivity index (χ3v) is 5.07. The summed E-state index contributed by atoms with van der Waals surface area (Å²) < 4.78 is 24.8. The summed E-state index contributed by atoms with van der Waals surface area (Å²) in [6.07, 6.45) is 2.15. The number of carbonyl (C=O) groups excluding carboxylic acids is 1. The highest BCUT2D eigenvalue weighted by Gasteiger charge is 2.39. The van der Waals surface area contributed by atoms with Crippen molar-refractivity contribution in [3.63, 3.8) is 0 Å². The van der Waals surface area contributed by atoms with Crippen molar-refractivity contribution in [3.05, 3.63) is 77.1 Å². The highest BCUT2D eigenvalue weighted by Crippen LogP contribution is 2.33. The predicted octanol–water partition coefficient (Wildman–Crippen LogP) is 3.89. The fourth-order valence-corrected chi connectivity index (χ4v) is 3.70. The van der Waals surface area contributed by atoms with Crippen molar-refractivity contribution in [3.8, 4) is 6.07 Å². The Morgan fingerprint density at radius 2 is 2.07 bits per heavy atom. The number of morpholine rings is 1. The van der Waals surface area contributed by atoms with E-state index in [0.29, 0.717) is 19.6 Å². The van der Waals surface area contributed by atoms with Crippen molar-refractivity contribution >= 4 is 11.7 Å². The van der Waals surface area contributed by atoms with Gasteiger partial charge >= 0.3 is 6.09 Å². The maximum absolute atomic E-state index is 13.6. The first-order chi connectivity index (χ1) is 13.7. The zero-order chi connectivity index (χ0) is 19.5. The Morgan fingerprint density at radius 1 is 1.25 bits per heavy atom. The molecule has 2 atom stereocenters. The van der Waals surface area contributed by atoms with Crippen molar-refractivity contribution in [1.82, 2.24) is 4.90 Å². The van der Waals surface area contributed by atoms with E-state index in [9.17, 15) is 9.18 Å². The predicted molar refractivity (Wildman–Crippen MR) is 101 cm³/mol. The van der Waals surface area contributed by atoms with E-state index in [0.717, 1.165) is 16.7 Å². The van der Waals surface area contributed by atoms with Crippen LogP contribution in [0.15, 0.2) is 54.6 Å². The van der Waals surface area contributed by atoms with Gasteiger partial charge < -0.3 is 9.47 Å². The van der Waals surface area contributed by atoms with Gasteiger partial charge in [0.1, 0.15) is 18.5 Å². The minimum absolute atomic E-state index is 0.0181. The molecule has 2 aliphatic heterocycles. The number of ether oxygens (including phenoxy) is 2. The lowest BCUT2D eigenvalue weighted by Crippen LogP contribution is -2.56. The molecule has 2 bridgehead atoms. The Hall–Kier alpha value is -3.17. The fraction of sp³-hybridized carbons (Fsp3) is 0.273. The van der Waals surface area contributed by atoms with Crippen molar-refractivity contribution < 1.29 is 18.7 Å². The molecule has 2 unspecified atom stereocenters. The van der Waals surface area contributed by atoms with Crippen LogP contribution >= 0.6 is 0 Å². The monoisotopic (exact) mass is 378 g/mol. The average Bonchev–Trinajstić information content (AvgIpc) is 2.72. The molecule has 2 aromatic carbocycles. The van der Waals surface area contributed by atoms with Gasteiger partial charge in [-0.3, -0.25) is 4.90 Å². The quantitative estimate of drug-likeness (QED) is 0.813. The van der Waals surface area contributed by atoms with Crippen molar-refractivity contribution in [2.24, 2.45) is 0 Å². The van der Waals surface area contributed by atoms with Crippen LogP contribution in [0.1, 0.15) is 23.1 Å². The minimum Gasteiger partial charge on any atom is -0.445 e. The number of halogens is 1. The van der Waals surface area contributed by atoms with E-state index in [2.05, 4.69) is 0 Å². The van der Waals surface area contributed by atoms with E-state index < -0.39 is 5.82 Å². The van der Waals surface area contributed by atoms with Gasteiger partial charge in [0.2, 0.25) is 0 Å². The Labute approximate surface area is 162 Å². The number of fused-ring (bicyclic) bond motifs is 2. The molecule has 4 rings (SSSR count). The Kier molecular flexibility index (Phi) is 5.09. The molecule has 2 heterocycles. The van der Waals surface area contributed by atoms with Gasteiger partial charge in [-0.25, -0.2) is 9.18 Å². The first-order valence-electron chi connectivity index (χ1n) is 9.13. The van der Waals surface area contributed by atoms with Crippen LogP contribution in [0.3, 0.4) is 0 Å². The van der Waals surface area contributed by atoms with E-state index in [1.165, 1.54) is 6.07 Å². The Bertz CT molecular complexity index is 952. The molecule has 28 heavy (non-hydrogen) atoms. The molecule has 142 valence electrons. The van der Waals surface area contributed by atoms with E-state index >= 15 is 0 Å². The molecule has 2 aliphatic rings. The highest BCUT2D eigenvalue weighted by atomic mass is 19.1. The minimum atomic E-state index is -0.530. The summed E-state index contributed by atoms with van der Waals surface area (Å²) in [6.45, 7) is 1.02. The first kappa shape index (κ1) is 18.2. The number of rotatable bonds is 3. The van der Waals surface area contributed by atoms with E-state index in [-0.39, 0.29) is 30.3 Å². The van der Waals surface area contributed by atoms with Gasteiger partial charge in [0, 0.05) is 0 Å². The molecular formula is C22H19FN2O3. The molecule has 0 aliphatic carbocycles. The summed E-state index contributed by atoms with van der Waals surface area (Å²) in [5.74, 6) is -0.530. The van der Waals surface area contributed by atoms with Gasteiger partial charge in [-0.2, -0.15) is 5.26 Å². The third kappa shape index (κ3) is 3.62. The molecule has 6 heteroatoms. The van der Waals surface area contributed by atoms with Gasteiger partial charge in [-0.05, 0) is 35.3 Å². The lowest BCUT2D eigenvalue weighted by Gasteiger charge is -2.43. The second-order valence-corrected chi connectivity index (χ2v) is 6.91. The topological polar surface area (TPSA) is 62.6 Å². The zero-order valence-electron chi connectivity index (χ0n) is 15.2. The SMILES string of the molecule is N#Cc1cc(C2=CC3COCC(C2)N3C(=O)OCc2ccccc2)ccc1F. The average molecular weight is 378 g/mol. The zero-order valence-corrected chi connectivity index (χ0v) is 15.2. The Balaban J connectivity index is 1.52. The molecule has 0 radical (unpaired) electrons. The normalized spacial score (nSPS) is 20.9. The second-order valence-electron chi connectivity index (χ2n) is 6.91. The maximum Gasteiger partial charge on any atom is 0.411 e.